The summed E-state index contributed by atoms with van der Waals surface area (Å²) >= 11 is 0. The molecule has 0 saturated heterocycles. The first-order valence-electron chi connectivity index (χ1n) is 3.92. The standard InChI is InChI=1S/C6H4O2.C3H7NO2/c7-5-1-2-6(8)4-3-5;1-2-6-3(4)5/h1-4H;2H2,1H3,(H2,4,5). The topological polar surface area (TPSA) is 86.5 Å². The molecule has 0 aromatic heterocycles. The molecule has 1 aliphatic rings. The van der Waals surface area contributed by atoms with Crippen LogP contribution in [0.5, 0.6) is 0 Å². The van der Waals surface area contributed by atoms with Crippen LogP contribution in [0.1, 0.15) is 6.92 Å². The summed E-state index contributed by atoms with van der Waals surface area (Å²) in [7, 11) is 0. The number of amides is 1. The molecular formula is C9H11NO4. The zero-order valence-corrected chi connectivity index (χ0v) is 7.73. The number of nitrogens with two attached hydrogens (primary N) is 1. The van der Waals surface area contributed by atoms with Gasteiger partial charge in [0.05, 0.1) is 6.61 Å². The first-order chi connectivity index (χ1) is 6.56. The molecule has 0 heterocycles. The molecule has 0 unspecified atom stereocenters. The maximum Gasteiger partial charge on any atom is 0.404 e. The smallest absolute Gasteiger partial charge is 0.404 e. The Bertz CT molecular complexity index is 253. The summed E-state index contributed by atoms with van der Waals surface area (Å²) in [4.78, 5) is 30.2. The van der Waals surface area contributed by atoms with Crippen molar-refractivity contribution in [2.24, 2.45) is 5.73 Å². The minimum Gasteiger partial charge on any atom is -0.450 e. The van der Waals surface area contributed by atoms with Crippen LogP contribution in [0.2, 0.25) is 0 Å². The predicted molar refractivity (Wildman–Crippen MR) is 49.5 cm³/mol. The number of hydrogen-bond acceptors (Lipinski definition) is 4. The van der Waals surface area contributed by atoms with E-state index in [0.717, 1.165) is 0 Å². The van der Waals surface area contributed by atoms with Crippen molar-refractivity contribution in [1.82, 2.24) is 0 Å². The van der Waals surface area contributed by atoms with E-state index in [0.29, 0.717) is 6.61 Å². The van der Waals surface area contributed by atoms with Crippen molar-refractivity contribution in [2.45, 2.75) is 6.92 Å². The van der Waals surface area contributed by atoms with Crippen LogP contribution in [0.4, 0.5) is 4.79 Å². The zero-order chi connectivity index (χ0) is 11.0. The summed E-state index contributed by atoms with van der Waals surface area (Å²) in [6.45, 7) is 2.06. The number of ether oxygens (including phenoxy) is 1. The summed E-state index contributed by atoms with van der Waals surface area (Å²) in [6, 6.07) is 0. The third kappa shape index (κ3) is 6.78. The average Bonchev–Trinajstić information content (AvgIpc) is 2.11. The lowest BCUT2D eigenvalue weighted by Gasteiger charge is -1.89. The van der Waals surface area contributed by atoms with Crippen LogP contribution in [0, 0.1) is 0 Å². The van der Waals surface area contributed by atoms with Gasteiger partial charge in [0.1, 0.15) is 0 Å². The summed E-state index contributed by atoms with van der Waals surface area (Å²) in [5.41, 5.74) is 4.54. The Morgan fingerprint density at radius 3 is 1.71 bits per heavy atom. The third-order valence-electron chi connectivity index (χ3n) is 1.11. The highest BCUT2D eigenvalue weighted by atomic mass is 16.5. The SMILES string of the molecule is CCOC(N)=O.O=C1C=CC(=O)C=C1. The number of rotatable bonds is 1. The van der Waals surface area contributed by atoms with Crippen molar-refractivity contribution in [3.8, 4) is 0 Å². The van der Waals surface area contributed by atoms with Crippen molar-refractivity contribution < 1.29 is 19.1 Å². The molecule has 1 amide bonds. The highest BCUT2D eigenvalue weighted by Gasteiger charge is 1.97. The Hall–Kier alpha value is -1.91. The number of ketones is 2. The minimum absolute atomic E-state index is 0.121. The fourth-order valence-electron chi connectivity index (χ4n) is 0.582. The van der Waals surface area contributed by atoms with Crippen LogP contribution < -0.4 is 5.73 Å². The molecule has 0 atom stereocenters. The van der Waals surface area contributed by atoms with Crippen molar-refractivity contribution in [3.05, 3.63) is 24.3 Å². The van der Waals surface area contributed by atoms with Crippen molar-refractivity contribution in [1.29, 1.82) is 0 Å². The van der Waals surface area contributed by atoms with Crippen LogP contribution in [0.25, 0.3) is 0 Å². The molecule has 5 nitrogen and oxygen atoms in total. The molecule has 0 fully saturated rings. The fraction of sp³-hybridized carbons (Fsp3) is 0.222. The second-order valence-electron chi connectivity index (χ2n) is 2.22. The second kappa shape index (κ2) is 6.59. The predicted octanol–water partition coefficient (Wildman–Crippen LogP) is 0.352. The first-order valence-corrected chi connectivity index (χ1v) is 3.92. The van der Waals surface area contributed by atoms with Crippen molar-refractivity contribution in [2.75, 3.05) is 6.61 Å². The van der Waals surface area contributed by atoms with E-state index in [9.17, 15) is 14.4 Å². The van der Waals surface area contributed by atoms with E-state index < -0.39 is 6.09 Å². The van der Waals surface area contributed by atoms with E-state index in [2.05, 4.69) is 10.5 Å². The summed E-state index contributed by atoms with van der Waals surface area (Å²) in [6.07, 6.45) is 4.30. The molecule has 0 spiro atoms. The van der Waals surface area contributed by atoms with Crippen molar-refractivity contribution in [3.63, 3.8) is 0 Å². The molecule has 5 heteroatoms. The molecular weight excluding hydrogens is 186 g/mol. The summed E-state index contributed by atoms with van der Waals surface area (Å²) in [5, 5.41) is 0. The highest BCUT2D eigenvalue weighted by Crippen LogP contribution is 1.90. The van der Waals surface area contributed by atoms with E-state index >= 15 is 0 Å². The van der Waals surface area contributed by atoms with Gasteiger partial charge in [-0.25, -0.2) is 4.79 Å². The highest BCUT2D eigenvalue weighted by molar-refractivity contribution is 6.14. The molecule has 0 radical (unpaired) electrons. The number of hydrogen-bond donors (Lipinski definition) is 1. The van der Waals surface area contributed by atoms with Gasteiger partial charge in [-0.2, -0.15) is 0 Å². The molecule has 0 aromatic rings. The van der Waals surface area contributed by atoms with E-state index in [4.69, 9.17) is 0 Å². The Morgan fingerprint density at radius 1 is 1.21 bits per heavy atom. The number of allylic oxidation sites excluding steroid dienone is 4. The van der Waals surface area contributed by atoms with Crippen LogP contribution in [-0.4, -0.2) is 24.3 Å². The van der Waals surface area contributed by atoms with Gasteiger partial charge in [-0.1, -0.05) is 0 Å². The van der Waals surface area contributed by atoms with Crippen LogP contribution >= 0.6 is 0 Å². The molecule has 0 bridgehead atoms. The molecule has 14 heavy (non-hydrogen) atoms. The lowest BCUT2D eigenvalue weighted by Crippen LogP contribution is -2.11. The van der Waals surface area contributed by atoms with E-state index in [-0.39, 0.29) is 11.6 Å². The van der Waals surface area contributed by atoms with Gasteiger partial charge in [-0.15, -0.1) is 0 Å². The first kappa shape index (κ1) is 12.1. The van der Waals surface area contributed by atoms with Gasteiger partial charge in [0.2, 0.25) is 0 Å². The van der Waals surface area contributed by atoms with Crippen LogP contribution in [0.3, 0.4) is 0 Å². The van der Waals surface area contributed by atoms with Crippen LogP contribution in [0.15, 0.2) is 24.3 Å². The maximum absolute atomic E-state index is 10.3. The fourth-order valence-corrected chi connectivity index (χ4v) is 0.582. The van der Waals surface area contributed by atoms with Gasteiger partial charge >= 0.3 is 6.09 Å². The molecule has 1 rings (SSSR count). The quantitative estimate of drug-likeness (QED) is 0.614. The van der Waals surface area contributed by atoms with Crippen LogP contribution in [-0.2, 0) is 14.3 Å². The third-order valence-corrected chi connectivity index (χ3v) is 1.11. The molecule has 2 N–H and O–H groups in total. The van der Waals surface area contributed by atoms with Gasteiger partial charge in [-0.05, 0) is 31.2 Å². The Kier molecular flexibility index (Phi) is 5.69. The van der Waals surface area contributed by atoms with Gasteiger partial charge in [0, 0.05) is 0 Å². The van der Waals surface area contributed by atoms with E-state index in [1.165, 1.54) is 24.3 Å². The number of carbonyl (C=O) groups excluding carboxylic acids is 3. The maximum atomic E-state index is 10.3. The number of carbonyl (C=O) groups is 3. The summed E-state index contributed by atoms with van der Waals surface area (Å²) in [5.74, 6) is -0.241. The molecule has 0 saturated carbocycles. The largest absolute Gasteiger partial charge is 0.450 e. The monoisotopic (exact) mass is 197 g/mol. The lowest BCUT2D eigenvalue weighted by molar-refractivity contribution is -0.113. The molecule has 0 aliphatic heterocycles. The normalized spacial score (nSPS) is 13.2. The van der Waals surface area contributed by atoms with Gasteiger partial charge < -0.3 is 10.5 Å². The second-order valence-corrected chi connectivity index (χ2v) is 2.22. The molecule has 1 aliphatic carbocycles. The van der Waals surface area contributed by atoms with Gasteiger partial charge in [0.25, 0.3) is 0 Å². The molecule has 0 aromatic carbocycles. The Morgan fingerprint density at radius 2 is 1.57 bits per heavy atom. The van der Waals surface area contributed by atoms with Gasteiger partial charge in [-0.3, -0.25) is 9.59 Å². The van der Waals surface area contributed by atoms with Gasteiger partial charge in [0.15, 0.2) is 11.6 Å². The Balaban J connectivity index is 0.000000255. The average molecular weight is 197 g/mol. The van der Waals surface area contributed by atoms with Crippen molar-refractivity contribution >= 4 is 17.7 Å². The summed E-state index contributed by atoms with van der Waals surface area (Å²) < 4.78 is 4.18. The Labute approximate surface area is 81.2 Å². The number of primary amides is 1. The van der Waals surface area contributed by atoms with E-state index in [1.54, 1.807) is 6.92 Å². The minimum atomic E-state index is -0.711. The van der Waals surface area contributed by atoms with E-state index in [1.807, 2.05) is 0 Å². The lowest BCUT2D eigenvalue weighted by atomic mass is 10.2. The molecule has 76 valence electrons. The zero-order valence-electron chi connectivity index (χ0n) is 7.73.